The van der Waals surface area contributed by atoms with Crippen LogP contribution in [0.3, 0.4) is 0 Å². The highest BCUT2D eigenvalue weighted by Crippen LogP contribution is 2.34. The molecular formula is C16H18N2. The van der Waals surface area contributed by atoms with Gasteiger partial charge >= 0.3 is 0 Å². The molecule has 0 unspecified atom stereocenters. The Balaban J connectivity index is 1.96. The van der Waals surface area contributed by atoms with Crippen molar-refractivity contribution in [2.45, 2.75) is 32.2 Å². The molecule has 0 saturated heterocycles. The van der Waals surface area contributed by atoms with Gasteiger partial charge in [-0.3, -0.25) is 5.32 Å². The van der Waals surface area contributed by atoms with Gasteiger partial charge < -0.3 is 4.98 Å². The van der Waals surface area contributed by atoms with Gasteiger partial charge in [0.25, 0.3) is 0 Å². The molecule has 0 saturated carbocycles. The van der Waals surface area contributed by atoms with Gasteiger partial charge in [-0.15, -0.1) is 5.92 Å². The molecular weight excluding hydrogens is 220 g/mol. The molecule has 0 aliphatic heterocycles. The lowest BCUT2D eigenvalue weighted by Gasteiger charge is -2.23. The third-order valence-corrected chi connectivity index (χ3v) is 3.73. The second-order valence-corrected chi connectivity index (χ2v) is 4.82. The Morgan fingerprint density at radius 2 is 2.28 bits per heavy atom. The summed E-state index contributed by atoms with van der Waals surface area (Å²) in [5.74, 6) is 6.02. The van der Waals surface area contributed by atoms with Gasteiger partial charge in [-0.05, 0) is 37.8 Å². The summed E-state index contributed by atoms with van der Waals surface area (Å²) in [5, 5.41) is 4.92. The number of nitrogens with one attached hydrogen (secondary N) is 2. The highest BCUT2D eigenvalue weighted by Gasteiger charge is 2.23. The normalized spacial score (nSPS) is 18.2. The number of rotatable bonds is 2. The molecule has 1 aromatic carbocycles. The third kappa shape index (κ3) is 1.91. The molecule has 2 heteroatoms. The Bertz CT molecular complexity index is 613. The molecule has 2 nitrogen and oxygen atoms in total. The van der Waals surface area contributed by atoms with Crippen molar-refractivity contribution < 1.29 is 0 Å². The molecule has 0 fully saturated rings. The minimum Gasteiger partial charge on any atom is -0.357 e. The van der Waals surface area contributed by atoms with E-state index < -0.39 is 0 Å². The molecule has 1 heterocycles. The van der Waals surface area contributed by atoms with Gasteiger partial charge in [0.1, 0.15) is 0 Å². The molecule has 2 aromatic rings. The first-order valence-corrected chi connectivity index (χ1v) is 6.62. The largest absolute Gasteiger partial charge is 0.357 e. The van der Waals surface area contributed by atoms with Crippen LogP contribution in [0, 0.1) is 11.8 Å². The summed E-state index contributed by atoms with van der Waals surface area (Å²) in [7, 11) is 0. The zero-order valence-corrected chi connectivity index (χ0v) is 10.7. The van der Waals surface area contributed by atoms with Crippen molar-refractivity contribution in [2.75, 3.05) is 6.54 Å². The van der Waals surface area contributed by atoms with Crippen molar-refractivity contribution >= 4 is 10.9 Å². The quantitative estimate of drug-likeness (QED) is 0.773. The summed E-state index contributed by atoms with van der Waals surface area (Å²) in [5.41, 5.74) is 4.14. The molecule has 18 heavy (non-hydrogen) atoms. The number of hydrogen-bond acceptors (Lipinski definition) is 1. The summed E-state index contributed by atoms with van der Waals surface area (Å²) in [6, 6.07) is 9.03. The van der Waals surface area contributed by atoms with E-state index in [2.05, 4.69) is 46.4 Å². The lowest BCUT2D eigenvalue weighted by atomic mass is 9.92. The average molecular weight is 238 g/mol. The van der Waals surface area contributed by atoms with Crippen LogP contribution in [0.4, 0.5) is 0 Å². The minimum absolute atomic E-state index is 0.432. The van der Waals surface area contributed by atoms with Gasteiger partial charge in [0, 0.05) is 22.6 Å². The summed E-state index contributed by atoms with van der Waals surface area (Å²) in [6.45, 7) is 2.66. The van der Waals surface area contributed by atoms with E-state index in [9.17, 15) is 0 Å². The molecule has 1 aliphatic carbocycles. The van der Waals surface area contributed by atoms with Crippen LogP contribution in [0.1, 0.15) is 37.1 Å². The fourth-order valence-electron chi connectivity index (χ4n) is 2.88. The van der Waals surface area contributed by atoms with Crippen LogP contribution in [0.2, 0.25) is 0 Å². The molecule has 92 valence electrons. The van der Waals surface area contributed by atoms with E-state index in [-0.39, 0.29) is 0 Å². The minimum atomic E-state index is 0.432. The number of aromatic amines is 1. The van der Waals surface area contributed by atoms with E-state index in [1.165, 1.54) is 41.4 Å². The SMILES string of the molecule is CC#CCN[C@H]1CCCc2c1[nH]c1ccccc21. The Kier molecular flexibility index (Phi) is 3.08. The topological polar surface area (TPSA) is 27.8 Å². The van der Waals surface area contributed by atoms with Crippen LogP contribution < -0.4 is 5.32 Å². The zero-order chi connectivity index (χ0) is 12.4. The van der Waals surface area contributed by atoms with Crippen molar-refractivity contribution in [2.24, 2.45) is 0 Å². The summed E-state index contributed by atoms with van der Waals surface area (Å²) in [4.78, 5) is 3.58. The Morgan fingerprint density at radius 3 is 3.17 bits per heavy atom. The molecule has 1 aliphatic rings. The summed E-state index contributed by atoms with van der Waals surface area (Å²) >= 11 is 0. The van der Waals surface area contributed by atoms with Gasteiger partial charge in [-0.2, -0.15) is 0 Å². The van der Waals surface area contributed by atoms with Crippen molar-refractivity contribution in [1.29, 1.82) is 0 Å². The number of fused-ring (bicyclic) bond motifs is 3. The van der Waals surface area contributed by atoms with Crippen LogP contribution in [-0.2, 0) is 6.42 Å². The molecule has 2 N–H and O–H groups in total. The number of hydrogen-bond donors (Lipinski definition) is 2. The van der Waals surface area contributed by atoms with E-state index in [4.69, 9.17) is 0 Å². The number of benzene rings is 1. The van der Waals surface area contributed by atoms with E-state index in [0.717, 1.165) is 6.54 Å². The van der Waals surface area contributed by atoms with E-state index in [0.29, 0.717) is 6.04 Å². The van der Waals surface area contributed by atoms with E-state index in [1.807, 2.05) is 6.92 Å². The molecule has 0 radical (unpaired) electrons. The summed E-state index contributed by atoms with van der Waals surface area (Å²) in [6.07, 6.45) is 3.65. The standard InChI is InChI=1S/C16H18N2/c1-2-3-11-17-15-10-6-8-13-12-7-4-5-9-14(12)18-16(13)15/h4-5,7,9,15,17-18H,6,8,10-11H2,1H3/t15-/m0/s1. The number of aryl methyl sites for hydroxylation is 1. The van der Waals surface area contributed by atoms with Crippen LogP contribution in [0.25, 0.3) is 10.9 Å². The zero-order valence-electron chi connectivity index (χ0n) is 10.7. The van der Waals surface area contributed by atoms with Crippen LogP contribution in [-0.4, -0.2) is 11.5 Å². The van der Waals surface area contributed by atoms with Gasteiger partial charge in [0.2, 0.25) is 0 Å². The average Bonchev–Trinajstić information content (AvgIpc) is 2.79. The Hall–Kier alpha value is -1.72. The Labute approximate surface area is 108 Å². The Morgan fingerprint density at radius 1 is 1.39 bits per heavy atom. The predicted molar refractivity (Wildman–Crippen MR) is 75.4 cm³/mol. The van der Waals surface area contributed by atoms with Crippen LogP contribution in [0.5, 0.6) is 0 Å². The van der Waals surface area contributed by atoms with Gasteiger partial charge in [0.15, 0.2) is 0 Å². The van der Waals surface area contributed by atoms with Crippen molar-refractivity contribution in [3.8, 4) is 11.8 Å². The maximum atomic E-state index is 3.58. The highest BCUT2D eigenvalue weighted by atomic mass is 14.9. The molecule has 3 rings (SSSR count). The maximum Gasteiger partial charge on any atom is 0.0581 e. The predicted octanol–water partition coefficient (Wildman–Crippen LogP) is 3.16. The van der Waals surface area contributed by atoms with Gasteiger partial charge in [0.05, 0.1) is 6.54 Å². The van der Waals surface area contributed by atoms with Crippen LogP contribution in [0.15, 0.2) is 24.3 Å². The second kappa shape index (κ2) is 4.88. The van der Waals surface area contributed by atoms with Crippen molar-refractivity contribution in [3.05, 3.63) is 35.5 Å². The smallest absolute Gasteiger partial charge is 0.0581 e. The van der Waals surface area contributed by atoms with E-state index in [1.54, 1.807) is 0 Å². The molecule has 0 spiro atoms. The lowest BCUT2D eigenvalue weighted by molar-refractivity contribution is 0.476. The molecule has 0 bridgehead atoms. The number of H-pyrrole nitrogens is 1. The third-order valence-electron chi connectivity index (χ3n) is 3.73. The molecule has 1 atom stereocenters. The first kappa shape index (κ1) is 11.4. The van der Waals surface area contributed by atoms with Gasteiger partial charge in [-0.25, -0.2) is 0 Å². The molecule has 1 aromatic heterocycles. The van der Waals surface area contributed by atoms with Crippen LogP contribution >= 0.6 is 0 Å². The fraction of sp³-hybridized carbons (Fsp3) is 0.375. The van der Waals surface area contributed by atoms with Crippen molar-refractivity contribution in [1.82, 2.24) is 10.3 Å². The molecule has 0 amide bonds. The number of para-hydroxylation sites is 1. The summed E-state index contributed by atoms with van der Waals surface area (Å²) < 4.78 is 0. The second-order valence-electron chi connectivity index (χ2n) is 4.82. The fourth-order valence-corrected chi connectivity index (χ4v) is 2.88. The number of aromatic nitrogens is 1. The van der Waals surface area contributed by atoms with Crippen molar-refractivity contribution in [3.63, 3.8) is 0 Å². The first-order valence-electron chi connectivity index (χ1n) is 6.62. The maximum absolute atomic E-state index is 3.58. The van der Waals surface area contributed by atoms with E-state index >= 15 is 0 Å². The first-order chi connectivity index (χ1) is 8.90. The van der Waals surface area contributed by atoms with Gasteiger partial charge in [-0.1, -0.05) is 24.1 Å². The highest BCUT2D eigenvalue weighted by molar-refractivity contribution is 5.85. The monoisotopic (exact) mass is 238 g/mol. The lowest BCUT2D eigenvalue weighted by Crippen LogP contribution is -2.25.